The predicted molar refractivity (Wildman–Crippen MR) is 106 cm³/mol. The highest BCUT2D eigenvalue weighted by molar-refractivity contribution is 7.91. The Morgan fingerprint density at radius 1 is 1.19 bits per heavy atom. The van der Waals surface area contributed by atoms with E-state index in [0.29, 0.717) is 13.0 Å². The van der Waals surface area contributed by atoms with E-state index in [1.165, 1.54) is 12.0 Å². The van der Waals surface area contributed by atoms with Gasteiger partial charge in [0.05, 0.1) is 25.2 Å². The second-order valence-corrected chi connectivity index (χ2v) is 9.90. The van der Waals surface area contributed by atoms with E-state index >= 15 is 0 Å². The van der Waals surface area contributed by atoms with Crippen LogP contribution in [0.2, 0.25) is 0 Å². The largest absolute Gasteiger partial charge is 0.497 e. The highest BCUT2D eigenvalue weighted by Crippen LogP contribution is 2.31. The van der Waals surface area contributed by atoms with Crippen molar-refractivity contribution in [1.82, 2.24) is 9.80 Å². The number of rotatable bonds is 5. The Kier molecular flexibility index (Phi) is 6.42. The molecule has 0 saturated carbocycles. The molecule has 150 valence electrons. The van der Waals surface area contributed by atoms with E-state index in [2.05, 4.69) is 17.0 Å². The van der Waals surface area contributed by atoms with Crippen LogP contribution < -0.4 is 4.74 Å². The van der Waals surface area contributed by atoms with E-state index in [9.17, 15) is 13.2 Å². The highest BCUT2D eigenvalue weighted by atomic mass is 32.2. The standard InChI is InChI=1S/C20H30N2O4S/c1-21(17-11-13-27(24,25)15-17)20(23)14-22-12-5-3-4-6-19(22)16-7-9-18(26-2)10-8-16/h7-10,17,19H,3-6,11-15H2,1-2H3/t17-,19+/m1/s1. The molecule has 27 heavy (non-hydrogen) atoms. The van der Waals surface area contributed by atoms with Crippen LogP contribution in [-0.4, -0.2) is 68.9 Å². The Bertz CT molecular complexity index is 748. The zero-order chi connectivity index (χ0) is 19.4. The van der Waals surface area contributed by atoms with Gasteiger partial charge in [-0.25, -0.2) is 8.42 Å². The van der Waals surface area contributed by atoms with Gasteiger partial charge in [-0.15, -0.1) is 0 Å². The summed E-state index contributed by atoms with van der Waals surface area (Å²) in [5.41, 5.74) is 1.21. The van der Waals surface area contributed by atoms with Gasteiger partial charge in [0.15, 0.2) is 9.84 Å². The summed E-state index contributed by atoms with van der Waals surface area (Å²) in [6.07, 6.45) is 4.99. The molecule has 2 fully saturated rings. The van der Waals surface area contributed by atoms with Crippen molar-refractivity contribution < 1.29 is 17.9 Å². The van der Waals surface area contributed by atoms with E-state index in [1.54, 1.807) is 19.1 Å². The summed E-state index contributed by atoms with van der Waals surface area (Å²) in [5.74, 6) is 1.12. The fraction of sp³-hybridized carbons (Fsp3) is 0.650. The zero-order valence-corrected chi connectivity index (χ0v) is 17.1. The van der Waals surface area contributed by atoms with Crippen LogP contribution in [0.3, 0.4) is 0 Å². The molecule has 2 heterocycles. The third-order valence-corrected chi connectivity index (χ3v) is 7.60. The number of benzene rings is 1. The van der Waals surface area contributed by atoms with Gasteiger partial charge in [0, 0.05) is 19.1 Å². The van der Waals surface area contributed by atoms with Gasteiger partial charge in [-0.3, -0.25) is 9.69 Å². The second-order valence-electron chi connectivity index (χ2n) is 7.67. The minimum Gasteiger partial charge on any atom is -0.497 e. The molecule has 7 heteroatoms. The molecule has 1 aromatic rings. The molecule has 0 spiro atoms. The highest BCUT2D eigenvalue weighted by Gasteiger charge is 2.34. The van der Waals surface area contributed by atoms with Gasteiger partial charge in [0.1, 0.15) is 5.75 Å². The zero-order valence-electron chi connectivity index (χ0n) is 16.3. The maximum Gasteiger partial charge on any atom is 0.236 e. The van der Waals surface area contributed by atoms with Gasteiger partial charge < -0.3 is 9.64 Å². The van der Waals surface area contributed by atoms with Gasteiger partial charge in [0.2, 0.25) is 5.91 Å². The lowest BCUT2D eigenvalue weighted by molar-refractivity contribution is -0.133. The Morgan fingerprint density at radius 3 is 2.56 bits per heavy atom. The molecule has 0 unspecified atom stereocenters. The van der Waals surface area contributed by atoms with Gasteiger partial charge in [-0.05, 0) is 43.5 Å². The maximum atomic E-state index is 12.9. The van der Waals surface area contributed by atoms with Crippen molar-refractivity contribution in [3.05, 3.63) is 29.8 Å². The molecule has 2 aliphatic heterocycles. The third kappa shape index (κ3) is 5.02. The number of ether oxygens (including phenoxy) is 1. The molecular weight excluding hydrogens is 364 g/mol. The molecule has 6 nitrogen and oxygen atoms in total. The van der Waals surface area contributed by atoms with E-state index in [0.717, 1.165) is 31.6 Å². The third-order valence-electron chi connectivity index (χ3n) is 5.85. The van der Waals surface area contributed by atoms with E-state index in [1.807, 2.05) is 12.1 Å². The van der Waals surface area contributed by atoms with E-state index in [-0.39, 0.29) is 29.5 Å². The molecule has 0 aromatic heterocycles. The number of methoxy groups -OCH3 is 1. The van der Waals surface area contributed by atoms with Crippen molar-refractivity contribution in [3.63, 3.8) is 0 Å². The summed E-state index contributed by atoms with van der Waals surface area (Å²) < 4.78 is 28.7. The normalized spacial score (nSPS) is 25.7. The summed E-state index contributed by atoms with van der Waals surface area (Å²) in [6.45, 7) is 1.23. The summed E-state index contributed by atoms with van der Waals surface area (Å²) in [5, 5.41) is 0. The minimum atomic E-state index is -2.99. The fourth-order valence-electron chi connectivity index (χ4n) is 4.13. The number of amides is 1. The molecule has 0 aliphatic carbocycles. The second kappa shape index (κ2) is 8.61. The van der Waals surface area contributed by atoms with Crippen LogP contribution in [0.4, 0.5) is 0 Å². The maximum absolute atomic E-state index is 12.9. The number of hydrogen-bond acceptors (Lipinski definition) is 5. The molecule has 1 aromatic carbocycles. The average Bonchev–Trinajstić information content (AvgIpc) is 2.87. The Balaban J connectivity index is 1.70. The number of likely N-dealkylation sites (N-methyl/N-ethyl adjacent to an activating group) is 1. The topological polar surface area (TPSA) is 66.9 Å². The Hall–Kier alpha value is -1.60. The fourth-order valence-corrected chi connectivity index (χ4v) is 5.90. The molecule has 3 rings (SSSR count). The SMILES string of the molecule is COc1ccc([C@@H]2CCCCCN2CC(=O)N(C)[C@@H]2CCS(=O)(=O)C2)cc1. The number of nitrogens with zero attached hydrogens (tertiary/aromatic N) is 2. The molecule has 1 amide bonds. The first-order valence-electron chi connectivity index (χ1n) is 9.74. The lowest BCUT2D eigenvalue weighted by Gasteiger charge is -2.32. The molecule has 0 radical (unpaired) electrons. The molecule has 0 N–H and O–H groups in total. The number of carbonyl (C=O) groups excluding carboxylic acids is 1. The van der Waals surface area contributed by atoms with Crippen LogP contribution in [0, 0.1) is 0 Å². The van der Waals surface area contributed by atoms with Gasteiger partial charge >= 0.3 is 0 Å². The number of hydrogen-bond donors (Lipinski definition) is 0. The summed E-state index contributed by atoms with van der Waals surface area (Å²) in [6, 6.07) is 8.13. The number of sulfone groups is 1. The van der Waals surface area contributed by atoms with Crippen LogP contribution >= 0.6 is 0 Å². The van der Waals surface area contributed by atoms with Crippen LogP contribution in [-0.2, 0) is 14.6 Å². The average molecular weight is 395 g/mol. The first kappa shape index (κ1) is 20.1. The molecule has 2 atom stereocenters. The lowest BCUT2D eigenvalue weighted by atomic mass is 10.0. The monoisotopic (exact) mass is 394 g/mol. The van der Waals surface area contributed by atoms with Crippen molar-refractivity contribution in [2.45, 2.75) is 44.2 Å². The molecule has 0 bridgehead atoms. The van der Waals surface area contributed by atoms with Crippen LogP contribution in [0.15, 0.2) is 24.3 Å². The van der Waals surface area contributed by atoms with Gasteiger partial charge in [-0.1, -0.05) is 25.0 Å². The summed E-state index contributed by atoms with van der Waals surface area (Å²) in [4.78, 5) is 16.8. The number of carbonyl (C=O) groups is 1. The molecule has 2 aliphatic rings. The van der Waals surface area contributed by atoms with Crippen molar-refractivity contribution in [1.29, 1.82) is 0 Å². The summed E-state index contributed by atoms with van der Waals surface area (Å²) >= 11 is 0. The van der Waals surface area contributed by atoms with Crippen molar-refractivity contribution >= 4 is 15.7 Å². The lowest BCUT2D eigenvalue weighted by Crippen LogP contribution is -2.44. The molecular formula is C20H30N2O4S. The van der Waals surface area contributed by atoms with Crippen LogP contribution in [0.25, 0.3) is 0 Å². The van der Waals surface area contributed by atoms with Crippen molar-refractivity contribution in [2.75, 3.05) is 38.8 Å². The Labute approximate surface area is 162 Å². The van der Waals surface area contributed by atoms with Crippen molar-refractivity contribution in [3.8, 4) is 5.75 Å². The smallest absolute Gasteiger partial charge is 0.236 e. The van der Waals surface area contributed by atoms with E-state index in [4.69, 9.17) is 4.74 Å². The first-order chi connectivity index (χ1) is 12.9. The van der Waals surface area contributed by atoms with Gasteiger partial charge in [-0.2, -0.15) is 0 Å². The minimum absolute atomic E-state index is 0.0116. The Morgan fingerprint density at radius 2 is 1.93 bits per heavy atom. The van der Waals surface area contributed by atoms with E-state index < -0.39 is 9.84 Å². The van der Waals surface area contributed by atoms with Crippen LogP contribution in [0.5, 0.6) is 5.75 Å². The van der Waals surface area contributed by atoms with Gasteiger partial charge in [0.25, 0.3) is 0 Å². The summed E-state index contributed by atoms with van der Waals surface area (Å²) in [7, 11) is 0.409. The first-order valence-corrected chi connectivity index (χ1v) is 11.6. The number of likely N-dealkylation sites (tertiary alicyclic amines) is 1. The predicted octanol–water partition coefficient (Wildman–Crippen LogP) is 2.26. The van der Waals surface area contributed by atoms with Crippen molar-refractivity contribution in [2.24, 2.45) is 0 Å². The quantitative estimate of drug-likeness (QED) is 0.766. The van der Waals surface area contributed by atoms with Crippen LogP contribution in [0.1, 0.15) is 43.7 Å². The molecule has 2 saturated heterocycles.